The molecule has 2 aromatic heterocycles. The van der Waals surface area contributed by atoms with Crippen LogP contribution < -0.4 is 15.6 Å². The van der Waals surface area contributed by atoms with E-state index < -0.39 is 5.97 Å². The van der Waals surface area contributed by atoms with Gasteiger partial charge in [-0.15, -0.1) is 11.3 Å². The van der Waals surface area contributed by atoms with Gasteiger partial charge in [0.05, 0.1) is 21.9 Å². The van der Waals surface area contributed by atoms with Crippen LogP contribution in [0.1, 0.15) is 16.9 Å². The van der Waals surface area contributed by atoms with Crippen molar-refractivity contribution in [3.63, 3.8) is 0 Å². The summed E-state index contributed by atoms with van der Waals surface area (Å²) in [5.74, 6) is -0.228. The number of carbonyl (C=O) groups is 1. The molecule has 3 heterocycles. The maximum atomic E-state index is 11.3. The molecule has 2 aliphatic rings. The summed E-state index contributed by atoms with van der Waals surface area (Å²) in [4.78, 5) is 26.4. The molecule has 9 heteroatoms. The third-order valence-electron chi connectivity index (χ3n) is 4.79. The molecule has 0 saturated carbocycles. The predicted molar refractivity (Wildman–Crippen MR) is 103 cm³/mol. The zero-order valence-corrected chi connectivity index (χ0v) is 15.2. The summed E-state index contributed by atoms with van der Waals surface area (Å²) in [6.07, 6.45) is 3.56. The minimum atomic E-state index is -0.713. The molecule has 5 rings (SSSR count). The first-order chi connectivity index (χ1) is 12.7. The molecule has 0 fully saturated rings. The van der Waals surface area contributed by atoms with Crippen molar-refractivity contribution in [2.24, 2.45) is 5.92 Å². The van der Waals surface area contributed by atoms with Crippen LogP contribution in [0.2, 0.25) is 0 Å². The Bertz CT molecular complexity index is 1040. The van der Waals surface area contributed by atoms with Gasteiger partial charge in [0.2, 0.25) is 0 Å². The fraction of sp³-hybridized carbons (Fsp3) is 0.235. The number of carboxylic acids is 1. The van der Waals surface area contributed by atoms with Gasteiger partial charge in [0.25, 0.3) is 0 Å². The monoisotopic (exact) mass is 385 g/mol. The number of benzene rings is 1. The van der Waals surface area contributed by atoms with Crippen LogP contribution in [-0.4, -0.2) is 21.0 Å². The smallest absolute Gasteiger partial charge is 0.306 e. The van der Waals surface area contributed by atoms with Crippen molar-refractivity contribution in [2.75, 3.05) is 10.7 Å². The number of carboxylic acid groups (broad SMARTS) is 1. The Kier molecular flexibility index (Phi) is 3.73. The van der Waals surface area contributed by atoms with Crippen LogP contribution in [0.5, 0.6) is 0 Å². The highest BCUT2D eigenvalue weighted by Gasteiger charge is 2.28. The van der Waals surface area contributed by atoms with Crippen molar-refractivity contribution in [1.29, 1.82) is 0 Å². The largest absolute Gasteiger partial charge is 0.481 e. The maximum absolute atomic E-state index is 11.3. The first-order valence-electron chi connectivity index (χ1n) is 8.26. The second kappa shape index (κ2) is 6.11. The number of fused-ring (bicyclic) bond motifs is 4. The highest BCUT2D eigenvalue weighted by atomic mass is 32.2. The molecule has 0 amide bonds. The summed E-state index contributed by atoms with van der Waals surface area (Å²) in [7, 11) is 0. The standard InChI is InChI=1S/C17H15N5O2S2/c23-17(24)8-1-3-10-12(5-8)25-16-14(10)15(18-7-19-16)20-9-2-4-11-13(6-9)26-22-21-11/h2,4,6-8,21-22H,1,3,5H2,(H,23,24)(H,18,19,20)/t8-/m0/s1. The normalized spacial score (nSPS) is 18.2. The Morgan fingerprint density at radius 3 is 3.15 bits per heavy atom. The number of anilines is 3. The molecule has 26 heavy (non-hydrogen) atoms. The van der Waals surface area contributed by atoms with Crippen LogP contribution >= 0.6 is 23.3 Å². The number of hydrogen-bond donors (Lipinski definition) is 4. The van der Waals surface area contributed by atoms with E-state index in [-0.39, 0.29) is 5.92 Å². The highest BCUT2D eigenvalue weighted by molar-refractivity contribution is 7.98. The molecule has 4 N–H and O–H groups in total. The molecule has 1 aliphatic heterocycles. The minimum Gasteiger partial charge on any atom is -0.481 e. The topological polar surface area (TPSA) is 99.2 Å². The molecule has 1 atom stereocenters. The van der Waals surface area contributed by atoms with E-state index in [4.69, 9.17) is 0 Å². The van der Waals surface area contributed by atoms with Gasteiger partial charge in [-0.3, -0.25) is 4.79 Å². The number of aromatic nitrogens is 2. The lowest BCUT2D eigenvalue weighted by Gasteiger charge is -2.18. The molecule has 132 valence electrons. The van der Waals surface area contributed by atoms with E-state index >= 15 is 0 Å². The molecular formula is C17H15N5O2S2. The Morgan fingerprint density at radius 2 is 2.27 bits per heavy atom. The van der Waals surface area contributed by atoms with Crippen molar-refractivity contribution in [1.82, 2.24) is 14.8 Å². The molecule has 3 aromatic rings. The van der Waals surface area contributed by atoms with Crippen molar-refractivity contribution in [2.45, 2.75) is 24.2 Å². The highest BCUT2D eigenvalue weighted by Crippen LogP contribution is 2.41. The lowest BCUT2D eigenvalue weighted by atomic mass is 9.88. The van der Waals surface area contributed by atoms with E-state index in [9.17, 15) is 9.90 Å². The lowest BCUT2D eigenvalue weighted by molar-refractivity contribution is -0.142. The average Bonchev–Trinajstić information content (AvgIpc) is 3.25. The van der Waals surface area contributed by atoms with Crippen molar-refractivity contribution in [3.8, 4) is 0 Å². The molecular weight excluding hydrogens is 370 g/mol. The van der Waals surface area contributed by atoms with Gasteiger partial charge in [-0.25, -0.2) is 9.97 Å². The SMILES string of the molecule is O=C(O)[C@H]1CCc2c(sc3ncnc(Nc4ccc5c(c4)SNN5)c23)C1. The number of nitrogens with one attached hydrogen (secondary N) is 3. The second-order valence-corrected chi connectivity index (χ2v) is 8.28. The summed E-state index contributed by atoms with van der Waals surface area (Å²) in [6.45, 7) is 0. The van der Waals surface area contributed by atoms with Crippen molar-refractivity contribution in [3.05, 3.63) is 35.0 Å². The molecule has 7 nitrogen and oxygen atoms in total. The van der Waals surface area contributed by atoms with Crippen LogP contribution in [-0.2, 0) is 17.6 Å². The number of hydrogen-bond acceptors (Lipinski definition) is 8. The van der Waals surface area contributed by atoms with Crippen LogP contribution in [0, 0.1) is 5.92 Å². The van der Waals surface area contributed by atoms with Gasteiger partial charge < -0.3 is 15.8 Å². The van der Waals surface area contributed by atoms with E-state index in [0.29, 0.717) is 12.8 Å². The Hall–Kier alpha value is -2.36. The zero-order chi connectivity index (χ0) is 17.7. The maximum Gasteiger partial charge on any atom is 0.306 e. The van der Waals surface area contributed by atoms with Gasteiger partial charge >= 0.3 is 5.97 Å². The predicted octanol–water partition coefficient (Wildman–Crippen LogP) is 3.56. The van der Waals surface area contributed by atoms with E-state index in [2.05, 4.69) is 31.6 Å². The number of nitrogens with zero attached hydrogens (tertiary/aromatic N) is 2. The number of hydrazine groups is 1. The molecule has 0 bridgehead atoms. The van der Waals surface area contributed by atoms with Gasteiger partial charge in [-0.2, -0.15) is 4.83 Å². The van der Waals surface area contributed by atoms with Crippen LogP contribution in [0.25, 0.3) is 10.2 Å². The summed E-state index contributed by atoms with van der Waals surface area (Å²) in [5, 5.41) is 13.8. The number of thiophene rings is 1. The van der Waals surface area contributed by atoms with Crippen LogP contribution in [0.3, 0.4) is 0 Å². The molecule has 1 aromatic carbocycles. The van der Waals surface area contributed by atoms with E-state index in [0.717, 1.165) is 43.6 Å². The Labute approximate surface area is 157 Å². The molecule has 0 spiro atoms. The fourth-order valence-electron chi connectivity index (χ4n) is 3.48. The first kappa shape index (κ1) is 15.9. The van der Waals surface area contributed by atoms with Gasteiger partial charge in [-0.1, -0.05) is 0 Å². The number of rotatable bonds is 3. The molecule has 1 aliphatic carbocycles. The van der Waals surface area contributed by atoms with E-state index in [1.165, 1.54) is 17.5 Å². The third kappa shape index (κ3) is 2.59. The quantitative estimate of drug-likeness (QED) is 0.508. The van der Waals surface area contributed by atoms with E-state index in [1.54, 1.807) is 17.7 Å². The van der Waals surface area contributed by atoms with Gasteiger partial charge in [0.1, 0.15) is 17.0 Å². The lowest BCUT2D eigenvalue weighted by Crippen LogP contribution is -2.21. The summed E-state index contributed by atoms with van der Waals surface area (Å²) < 4.78 is 0. The number of aryl methyl sites for hydroxylation is 1. The summed E-state index contributed by atoms with van der Waals surface area (Å²) in [6, 6.07) is 6.09. The minimum absolute atomic E-state index is 0.298. The van der Waals surface area contributed by atoms with E-state index in [1.807, 2.05) is 12.1 Å². The third-order valence-corrected chi connectivity index (χ3v) is 6.71. The van der Waals surface area contributed by atoms with Crippen LogP contribution in [0.15, 0.2) is 29.4 Å². The molecule has 0 radical (unpaired) electrons. The van der Waals surface area contributed by atoms with Gasteiger partial charge in [-0.05, 0) is 55.0 Å². The first-order valence-corrected chi connectivity index (χ1v) is 9.89. The van der Waals surface area contributed by atoms with Crippen LogP contribution in [0.4, 0.5) is 17.2 Å². The van der Waals surface area contributed by atoms with Crippen molar-refractivity contribution < 1.29 is 9.90 Å². The van der Waals surface area contributed by atoms with Gasteiger partial charge in [0.15, 0.2) is 0 Å². The average molecular weight is 385 g/mol. The van der Waals surface area contributed by atoms with Crippen molar-refractivity contribution >= 4 is 56.7 Å². The Balaban J connectivity index is 1.54. The number of aliphatic carboxylic acids is 1. The summed E-state index contributed by atoms with van der Waals surface area (Å²) >= 11 is 3.12. The zero-order valence-electron chi connectivity index (χ0n) is 13.6. The second-order valence-electron chi connectivity index (χ2n) is 6.35. The fourth-order valence-corrected chi connectivity index (χ4v) is 5.43. The molecule has 0 unspecified atom stereocenters. The summed E-state index contributed by atoms with van der Waals surface area (Å²) in [5.41, 5.74) is 6.30. The molecule has 0 saturated heterocycles. The van der Waals surface area contributed by atoms with Gasteiger partial charge in [0, 0.05) is 10.6 Å². The Morgan fingerprint density at radius 1 is 1.35 bits per heavy atom.